The van der Waals surface area contributed by atoms with Gasteiger partial charge in [0.2, 0.25) is 5.91 Å². The monoisotopic (exact) mass is 252 g/mol. The molecule has 1 aliphatic carbocycles. The van der Waals surface area contributed by atoms with E-state index in [2.05, 4.69) is 16.8 Å². The summed E-state index contributed by atoms with van der Waals surface area (Å²) >= 11 is 0. The molecule has 0 radical (unpaired) electrons. The van der Waals surface area contributed by atoms with E-state index in [1.165, 1.54) is 12.8 Å². The molecule has 18 heavy (non-hydrogen) atoms. The first-order valence-electron chi connectivity index (χ1n) is 7.30. The van der Waals surface area contributed by atoms with E-state index in [0.717, 1.165) is 39.1 Å². The Morgan fingerprint density at radius 2 is 2.11 bits per heavy atom. The molecule has 4 heteroatoms. The van der Waals surface area contributed by atoms with E-state index in [1.54, 1.807) is 0 Å². The molecule has 3 fully saturated rings. The number of piperidine rings is 1. The summed E-state index contributed by atoms with van der Waals surface area (Å²) < 4.78 is 5.69. The Morgan fingerprint density at radius 1 is 1.28 bits per heavy atom. The predicted molar refractivity (Wildman–Crippen MR) is 69.3 cm³/mol. The zero-order valence-electron chi connectivity index (χ0n) is 11.3. The molecule has 3 rings (SSSR count). The van der Waals surface area contributed by atoms with Crippen LogP contribution in [0.2, 0.25) is 0 Å². The number of carbonyl (C=O) groups excluding carboxylic acids is 1. The minimum atomic E-state index is 0.377. The lowest BCUT2D eigenvalue weighted by Crippen LogP contribution is -2.52. The van der Waals surface area contributed by atoms with Gasteiger partial charge in [0.1, 0.15) is 0 Å². The second-order valence-electron chi connectivity index (χ2n) is 6.19. The quantitative estimate of drug-likeness (QED) is 0.734. The third-order valence-corrected chi connectivity index (χ3v) is 4.59. The van der Waals surface area contributed by atoms with Crippen LogP contribution in [0.3, 0.4) is 0 Å². The molecule has 0 unspecified atom stereocenters. The van der Waals surface area contributed by atoms with E-state index in [4.69, 9.17) is 4.74 Å². The lowest BCUT2D eigenvalue weighted by atomic mass is 9.91. The van der Waals surface area contributed by atoms with Gasteiger partial charge in [-0.2, -0.15) is 0 Å². The van der Waals surface area contributed by atoms with Crippen LogP contribution in [0.4, 0.5) is 0 Å². The molecule has 2 atom stereocenters. The van der Waals surface area contributed by atoms with Crippen LogP contribution in [-0.4, -0.2) is 61.6 Å². The van der Waals surface area contributed by atoms with Gasteiger partial charge in [-0.3, -0.25) is 4.79 Å². The van der Waals surface area contributed by atoms with Crippen LogP contribution in [0.15, 0.2) is 0 Å². The molecule has 1 amide bonds. The van der Waals surface area contributed by atoms with Crippen LogP contribution in [0.1, 0.15) is 25.7 Å². The van der Waals surface area contributed by atoms with Gasteiger partial charge in [0, 0.05) is 31.5 Å². The number of amides is 1. The van der Waals surface area contributed by atoms with Crippen molar-refractivity contribution in [2.45, 2.75) is 31.7 Å². The van der Waals surface area contributed by atoms with Gasteiger partial charge in [0.15, 0.2) is 0 Å². The molecule has 0 aromatic carbocycles. The summed E-state index contributed by atoms with van der Waals surface area (Å²) in [6, 6.07) is 0.426. The maximum atomic E-state index is 12.4. The zero-order valence-corrected chi connectivity index (χ0v) is 11.3. The highest BCUT2D eigenvalue weighted by Gasteiger charge is 2.37. The molecule has 0 aromatic heterocycles. The van der Waals surface area contributed by atoms with E-state index >= 15 is 0 Å². The molecule has 2 heterocycles. The molecule has 2 aliphatic heterocycles. The van der Waals surface area contributed by atoms with Gasteiger partial charge in [0.25, 0.3) is 0 Å². The Labute approximate surface area is 109 Å². The highest BCUT2D eigenvalue weighted by Crippen LogP contribution is 2.34. The molecule has 0 N–H and O–H groups in total. The Hall–Kier alpha value is -0.610. The lowest BCUT2D eigenvalue weighted by molar-refractivity contribution is -0.135. The Morgan fingerprint density at radius 3 is 2.89 bits per heavy atom. The standard InChI is InChI=1S/C14H24N2O2/c1-15-5-4-13-12(9-15)10-18-7-6-16(13)14(17)8-11-2-3-11/h11-13H,2-10H2,1H3/t12-,13-/m1/s1. The van der Waals surface area contributed by atoms with Crippen molar-refractivity contribution < 1.29 is 9.53 Å². The molecule has 3 aliphatic rings. The molecular formula is C14H24N2O2. The third-order valence-electron chi connectivity index (χ3n) is 4.59. The fraction of sp³-hybridized carbons (Fsp3) is 0.929. The van der Waals surface area contributed by atoms with Crippen molar-refractivity contribution >= 4 is 5.91 Å². The van der Waals surface area contributed by atoms with Crippen molar-refractivity contribution in [3.63, 3.8) is 0 Å². The number of rotatable bonds is 2. The summed E-state index contributed by atoms with van der Waals surface area (Å²) in [5, 5.41) is 0. The maximum Gasteiger partial charge on any atom is 0.223 e. The van der Waals surface area contributed by atoms with E-state index in [0.29, 0.717) is 30.4 Å². The van der Waals surface area contributed by atoms with Gasteiger partial charge in [-0.25, -0.2) is 0 Å². The Balaban J connectivity index is 1.68. The van der Waals surface area contributed by atoms with Gasteiger partial charge < -0.3 is 14.5 Å². The summed E-state index contributed by atoms with van der Waals surface area (Å²) in [4.78, 5) is 16.9. The molecule has 0 spiro atoms. The topological polar surface area (TPSA) is 32.8 Å². The third kappa shape index (κ3) is 2.69. The molecule has 2 saturated heterocycles. The summed E-state index contributed by atoms with van der Waals surface area (Å²) in [6.07, 6.45) is 4.40. The summed E-state index contributed by atoms with van der Waals surface area (Å²) in [5.74, 6) is 1.57. The summed E-state index contributed by atoms with van der Waals surface area (Å²) in [7, 11) is 2.16. The Bertz CT molecular complexity index is 317. The van der Waals surface area contributed by atoms with Crippen molar-refractivity contribution in [3.05, 3.63) is 0 Å². The lowest BCUT2D eigenvalue weighted by Gasteiger charge is -2.41. The first-order chi connectivity index (χ1) is 8.74. The number of fused-ring (bicyclic) bond motifs is 1. The van der Waals surface area contributed by atoms with Crippen molar-refractivity contribution in [2.75, 3.05) is 39.9 Å². The molecule has 0 aromatic rings. The maximum absolute atomic E-state index is 12.4. The van der Waals surface area contributed by atoms with Crippen LogP contribution < -0.4 is 0 Å². The predicted octanol–water partition coefficient (Wildman–Crippen LogP) is 0.966. The van der Waals surface area contributed by atoms with Crippen LogP contribution >= 0.6 is 0 Å². The first kappa shape index (κ1) is 12.4. The van der Waals surface area contributed by atoms with Crippen LogP contribution in [0.5, 0.6) is 0 Å². The number of nitrogens with zero attached hydrogens (tertiary/aromatic N) is 2. The van der Waals surface area contributed by atoms with E-state index < -0.39 is 0 Å². The molecule has 4 nitrogen and oxygen atoms in total. The molecule has 0 bridgehead atoms. The Kier molecular flexibility index (Phi) is 3.57. The summed E-state index contributed by atoms with van der Waals surface area (Å²) in [5.41, 5.74) is 0. The summed E-state index contributed by atoms with van der Waals surface area (Å²) in [6.45, 7) is 4.51. The largest absolute Gasteiger partial charge is 0.379 e. The fourth-order valence-corrected chi connectivity index (χ4v) is 3.34. The molecular weight excluding hydrogens is 228 g/mol. The minimum absolute atomic E-state index is 0.377. The first-order valence-corrected chi connectivity index (χ1v) is 7.30. The van der Waals surface area contributed by atoms with E-state index in [-0.39, 0.29) is 0 Å². The van der Waals surface area contributed by atoms with Crippen LogP contribution in [0, 0.1) is 11.8 Å². The van der Waals surface area contributed by atoms with E-state index in [9.17, 15) is 4.79 Å². The minimum Gasteiger partial charge on any atom is -0.379 e. The smallest absolute Gasteiger partial charge is 0.223 e. The van der Waals surface area contributed by atoms with Crippen LogP contribution in [0.25, 0.3) is 0 Å². The van der Waals surface area contributed by atoms with Crippen molar-refractivity contribution in [1.82, 2.24) is 9.80 Å². The average Bonchev–Trinajstić information content (AvgIpc) is 3.14. The van der Waals surface area contributed by atoms with Crippen molar-refractivity contribution in [1.29, 1.82) is 0 Å². The molecule has 102 valence electrons. The van der Waals surface area contributed by atoms with Gasteiger partial charge in [-0.05, 0) is 38.8 Å². The average molecular weight is 252 g/mol. The van der Waals surface area contributed by atoms with Gasteiger partial charge in [-0.1, -0.05) is 0 Å². The van der Waals surface area contributed by atoms with Gasteiger partial charge in [-0.15, -0.1) is 0 Å². The number of ether oxygens (including phenoxy) is 1. The highest BCUT2D eigenvalue weighted by atomic mass is 16.5. The fourth-order valence-electron chi connectivity index (χ4n) is 3.34. The second kappa shape index (κ2) is 5.17. The number of likely N-dealkylation sites (tertiary alicyclic amines) is 1. The zero-order chi connectivity index (χ0) is 12.5. The number of hydrogen-bond donors (Lipinski definition) is 0. The normalized spacial score (nSPS) is 33.9. The highest BCUT2D eigenvalue weighted by molar-refractivity contribution is 5.77. The number of hydrogen-bond acceptors (Lipinski definition) is 3. The van der Waals surface area contributed by atoms with Gasteiger partial charge in [0.05, 0.1) is 13.2 Å². The van der Waals surface area contributed by atoms with E-state index in [1.807, 2.05) is 0 Å². The molecule has 1 saturated carbocycles. The van der Waals surface area contributed by atoms with Crippen molar-refractivity contribution in [3.8, 4) is 0 Å². The number of carbonyl (C=O) groups is 1. The van der Waals surface area contributed by atoms with Crippen LogP contribution in [-0.2, 0) is 9.53 Å². The second-order valence-corrected chi connectivity index (χ2v) is 6.19. The SMILES string of the molecule is CN1CC[C@@H]2[C@@H](COCCN2C(=O)CC2CC2)C1. The van der Waals surface area contributed by atoms with Gasteiger partial charge >= 0.3 is 0 Å². The van der Waals surface area contributed by atoms with Crippen molar-refractivity contribution in [2.24, 2.45) is 11.8 Å².